The van der Waals surface area contributed by atoms with Gasteiger partial charge in [-0.25, -0.2) is 0 Å². The van der Waals surface area contributed by atoms with Crippen LogP contribution >= 0.6 is 11.6 Å². The standard InChI is InChI=1S/C12H14ClNO/c1-8(2)9-3-4-12-10(7-9)11(5-6-13)14-15-12/h3-4,7-8H,5-6H2,1-2H3. The second-order valence-electron chi connectivity index (χ2n) is 3.98. The van der Waals surface area contributed by atoms with E-state index in [-0.39, 0.29) is 0 Å². The molecule has 2 nitrogen and oxygen atoms in total. The van der Waals surface area contributed by atoms with Crippen molar-refractivity contribution in [2.75, 3.05) is 5.88 Å². The number of aromatic nitrogens is 1. The van der Waals surface area contributed by atoms with Gasteiger partial charge in [0.05, 0.1) is 5.69 Å². The number of hydrogen-bond donors (Lipinski definition) is 0. The SMILES string of the molecule is CC(C)c1ccc2onc(CCCl)c2c1. The maximum Gasteiger partial charge on any atom is 0.167 e. The van der Waals surface area contributed by atoms with Gasteiger partial charge in [0.25, 0.3) is 0 Å². The Bertz CT molecular complexity index is 462. The van der Waals surface area contributed by atoms with Gasteiger partial charge in [0.2, 0.25) is 0 Å². The Morgan fingerprint density at radius 1 is 1.40 bits per heavy atom. The molecule has 1 aromatic carbocycles. The molecule has 0 N–H and O–H groups in total. The lowest BCUT2D eigenvalue weighted by atomic mass is 10.0. The van der Waals surface area contributed by atoms with Crippen LogP contribution in [0.4, 0.5) is 0 Å². The molecule has 0 aliphatic carbocycles. The molecule has 0 aliphatic heterocycles. The van der Waals surface area contributed by atoms with Gasteiger partial charge in [-0.1, -0.05) is 25.1 Å². The summed E-state index contributed by atoms with van der Waals surface area (Å²) in [5, 5.41) is 5.12. The first kappa shape index (κ1) is 10.5. The summed E-state index contributed by atoms with van der Waals surface area (Å²) in [5.74, 6) is 1.10. The number of hydrogen-bond acceptors (Lipinski definition) is 2. The lowest BCUT2D eigenvalue weighted by Crippen LogP contribution is -1.89. The Kier molecular flexibility index (Phi) is 2.96. The summed E-state index contributed by atoms with van der Waals surface area (Å²) < 4.78 is 5.23. The molecule has 0 unspecified atom stereocenters. The molecule has 80 valence electrons. The molecule has 1 heterocycles. The molecule has 0 saturated heterocycles. The minimum Gasteiger partial charge on any atom is -0.356 e. The monoisotopic (exact) mass is 223 g/mol. The first-order chi connectivity index (χ1) is 7.22. The average molecular weight is 224 g/mol. The summed E-state index contributed by atoms with van der Waals surface area (Å²) in [6.45, 7) is 4.35. The summed E-state index contributed by atoms with van der Waals surface area (Å²) in [4.78, 5) is 0. The smallest absolute Gasteiger partial charge is 0.167 e. The Labute approximate surface area is 94.2 Å². The molecule has 0 bridgehead atoms. The first-order valence-electron chi connectivity index (χ1n) is 5.16. The predicted molar refractivity (Wildman–Crippen MR) is 62.5 cm³/mol. The number of nitrogens with zero attached hydrogens (tertiary/aromatic N) is 1. The van der Waals surface area contributed by atoms with Crippen molar-refractivity contribution in [1.29, 1.82) is 0 Å². The van der Waals surface area contributed by atoms with Gasteiger partial charge in [-0.3, -0.25) is 0 Å². The molecule has 2 rings (SSSR count). The van der Waals surface area contributed by atoms with E-state index in [1.54, 1.807) is 0 Å². The molecule has 0 atom stereocenters. The van der Waals surface area contributed by atoms with E-state index in [9.17, 15) is 0 Å². The van der Waals surface area contributed by atoms with Gasteiger partial charge in [-0.2, -0.15) is 0 Å². The van der Waals surface area contributed by atoms with E-state index in [0.29, 0.717) is 11.8 Å². The van der Waals surface area contributed by atoms with Crippen molar-refractivity contribution in [1.82, 2.24) is 5.16 Å². The number of fused-ring (bicyclic) bond motifs is 1. The second kappa shape index (κ2) is 4.23. The highest BCUT2D eigenvalue weighted by Gasteiger charge is 2.09. The van der Waals surface area contributed by atoms with Crippen LogP contribution in [0.5, 0.6) is 0 Å². The predicted octanol–water partition coefficient (Wildman–Crippen LogP) is 3.73. The van der Waals surface area contributed by atoms with E-state index in [2.05, 4.69) is 31.1 Å². The summed E-state index contributed by atoms with van der Waals surface area (Å²) in [7, 11) is 0. The van der Waals surface area contributed by atoms with E-state index in [1.165, 1.54) is 5.56 Å². The topological polar surface area (TPSA) is 26.0 Å². The average Bonchev–Trinajstić information content (AvgIpc) is 2.61. The lowest BCUT2D eigenvalue weighted by Gasteiger charge is -2.04. The van der Waals surface area contributed by atoms with Gasteiger partial charge < -0.3 is 4.52 Å². The zero-order valence-electron chi connectivity index (χ0n) is 8.96. The van der Waals surface area contributed by atoms with Gasteiger partial charge in [0.1, 0.15) is 0 Å². The van der Waals surface area contributed by atoms with Crippen LogP contribution in [0, 0.1) is 0 Å². The minimum atomic E-state index is 0.521. The van der Waals surface area contributed by atoms with Crippen LogP contribution in [-0.2, 0) is 6.42 Å². The summed E-state index contributed by atoms with van der Waals surface area (Å²) >= 11 is 5.71. The van der Waals surface area contributed by atoms with E-state index >= 15 is 0 Å². The molecule has 1 aromatic heterocycles. The van der Waals surface area contributed by atoms with E-state index in [0.717, 1.165) is 23.1 Å². The van der Waals surface area contributed by atoms with Crippen LogP contribution in [0.15, 0.2) is 22.7 Å². The number of aryl methyl sites for hydroxylation is 1. The van der Waals surface area contributed by atoms with Crippen molar-refractivity contribution in [3.05, 3.63) is 29.5 Å². The Balaban J connectivity index is 2.51. The van der Waals surface area contributed by atoms with Crippen LogP contribution in [-0.4, -0.2) is 11.0 Å². The molecule has 3 heteroatoms. The molecule has 15 heavy (non-hydrogen) atoms. The number of halogens is 1. The Morgan fingerprint density at radius 3 is 2.87 bits per heavy atom. The van der Waals surface area contributed by atoms with E-state index in [4.69, 9.17) is 16.1 Å². The highest BCUT2D eigenvalue weighted by atomic mass is 35.5. The Morgan fingerprint density at radius 2 is 2.20 bits per heavy atom. The minimum absolute atomic E-state index is 0.521. The van der Waals surface area contributed by atoms with Crippen LogP contribution in [0.2, 0.25) is 0 Å². The van der Waals surface area contributed by atoms with Crippen molar-refractivity contribution < 1.29 is 4.52 Å². The first-order valence-corrected chi connectivity index (χ1v) is 5.70. The van der Waals surface area contributed by atoms with E-state index in [1.807, 2.05) is 6.07 Å². The number of benzene rings is 1. The van der Waals surface area contributed by atoms with Crippen molar-refractivity contribution in [2.24, 2.45) is 0 Å². The fraction of sp³-hybridized carbons (Fsp3) is 0.417. The zero-order chi connectivity index (χ0) is 10.8. The van der Waals surface area contributed by atoms with Crippen molar-refractivity contribution in [3.63, 3.8) is 0 Å². The molecule has 0 amide bonds. The highest BCUT2D eigenvalue weighted by Crippen LogP contribution is 2.24. The molecule has 2 aromatic rings. The van der Waals surface area contributed by atoms with Crippen LogP contribution in [0.25, 0.3) is 11.0 Å². The van der Waals surface area contributed by atoms with Crippen LogP contribution in [0.3, 0.4) is 0 Å². The van der Waals surface area contributed by atoms with Crippen LogP contribution < -0.4 is 0 Å². The van der Waals surface area contributed by atoms with Crippen molar-refractivity contribution >= 4 is 22.6 Å². The zero-order valence-corrected chi connectivity index (χ0v) is 9.71. The van der Waals surface area contributed by atoms with Crippen molar-refractivity contribution in [3.8, 4) is 0 Å². The maximum absolute atomic E-state index is 5.71. The number of alkyl halides is 1. The normalized spacial score (nSPS) is 11.5. The molecule has 0 spiro atoms. The summed E-state index contributed by atoms with van der Waals surface area (Å²) in [6, 6.07) is 6.22. The lowest BCUT2D eigenvalue weighted by molar-refractivity contribution is 0.447. The van der Waals surface area contributed by atoms with E-state index < -0.39 is 0 Å². The largest absolute Gasteiger partial charge is 0.356 e. The molecule has 0 fully saturated rings. The highest BCUT2D eigenvalue weighted by molar-refractivity contribution is 6.18. The summed E-state index contributed by atoms with van der Waals surface area (Å²) in [6.07, 6.45) is 0.760. The molecular formula is C12H14ClNO. The van der Waals surface area contributed by atoms with Gasteiger partial charge >= 0.3 is 0 Å². The molecule has 0 radical (unpaired) electrons. The maximum atomic E-state index is 5.71. The molecule has 0 aliphatic rings. The summed E-state index contributed by atoms with van der Waals surface area (Å²) in [5.41, 5.74) is 3.11. The fourth-order valence-corrected chi connectivity index (χ4v) is 1.81. The third-order valence-corrected chi connectivity index (χ3v) is 2.76. The fourth-order valence-electron chi connectivity index (χ4n) is 1.64. The van der Waals surface area contributed by atoms with Crippen molar-refractivity contribution in [2.45, 2.75) is 26.2 Å². The van der Waals surface area contributed by atoms with Gasteiger partial charge in [0, 0.05) is 17.7 Å². The third-order valence-electron chi connectivity index (χ3n) is 2.57. The third kappa shape index (κ3) is 2.00. The Hall–Kier alpha value is -1.02. The van der Waals surface area contributed by atoms with Gasteiger partial charge in [-0.05, 0) is 23.6 Å². The number of rotatable bonds is 3. The van der Waals surface area contributed by atoms with Gasteiger partial charge in [-0.15, -0.1) is 11.6 Å². The molecule has 0 saturated carbocycles. The van der Waals surface area contributed by atoms with Crippen LogP contribution in [0.1, 0.15) is 31.0 Å². The van der Waals surface area contributed by atoms with Gasteiger partial charge in [0.15, 0.2) is 5.58 Å². The molecular weight excluding hydrogens is 210 g/mol. The second-order valence-corrected chi connectivity index (χ2v) is 4.36. The quantitative estimate of drug-likeness (QED) is 0.741.